The fourth-order valence-corrected chi connectivity index (χ4v) is 3.52. The van der Waals surface area contributed by atoms with Gasteiger partial charge in [-0.3, -0.25) is 4.90 Å². The van der Waals surface area contributed by atoms with Gasteiger partial charge in [-0.15, -0.1) is 0 Å². The van der Waals surface area contributed by atoms with Crippen molar-refractivity contribution in [2.75, 3.05) is 25.0 Å². The zero-order valence-corrected chi connectivity index (χ0v) is 16.4. The second kappa shape index (κ2) is 8.49. The van der Waals surface area contributed by atoms with Crippen molar-refractivity contribution in [3.05, 3.63) is 46.8 Å². The van der Waals surface area contributed by atoms with Crippen molar-refractivity contribution in [2.24, 2.45) is 0 Å². The molecule has 2 aromatic rings. The first-order chi connectivity index (χ1) is 12.5. The maximum absolute atomic E-state index is 5.73. The van der Waals surface area contributed by atoms with Crippen molar-refractivity contribution in [1.82, 2.24) is 14.9 Å². The number of nitrogens with zero attached hydrogens (tertiary/aromatic N) is 3. The predicted molar refractivity (Wildman–Crippen MR) is 106 cm³/mol. The highest BCUT2D eigenvalue weighted by Gasteiger charge is 2.20. The van der Waals surface area contributed by atoms with Crippen LogP contribution >= 0.6 is 0 Å². The molecule has 1 fully saturated rings. The third kappa shape index (κ3) is 4.94. The molecule has 140 valence electrons. The first-order valence-electron chi connectivity index (χ1n) is 9.57. The summed E-state index contributed by atoms with van der Waals surface area (Å²) >= 11 is 0. The summed E-state index contributed by atoms with van der Waals surface area (Å²) in [5, 5.41) is 3.51. The number of nitrogens with one attached hydrogen (secondary N) is 1. The van der Waals surface area contributed by atoms with Crippen LogP contribution in [0.15, 0.2) is 24.3 Å². The summed E-state index contributed by atoms with van der Waals surface area (Å²) in [6, 6.07) is 9.01. The van der Waals surface area contributed by atoms with Crippen molar-refractivity contribution in [3.63, 3.8) is 0 Å². The van der Waals surface area contributed by atoms with Crippen LogP contribution in [0.25, 0.3) is 0 Å². The number of aromatic nitrogens is 2. The van der Waals surface area contributed by atoms with E-state index in [1.165, 1.54) is 11.1 Å². The van der Waals surface area contributed by atoms with Gasteiger partial charge in [0.1, 0.15) is 5.75 Å². The molecule has 0 aliphatic carbocycles. The van der Waals surface area contributed by atoms with Crippen molar-refractivity contribution < 1.29 is 4.74 Å². The average Bonchev–Trinajstić information content (AvgIpc) is 2.59. The number of aryl methyl sites for hydroxylation is 3. The highest BCUT2D eigenvalue weighted by Crippen LogP contribution is 2.22. The van der Waals surface area contributed by atoms with E-state index in [4.69, 9.17) is 4.74 Å². The van der Waals surface area contributed by atoms with E-state index in [1.54, 1.807) is 0 Å². The topological polar surface area (TPSA) is 50.3 Å². The molecule has 0 unspecified atom stereocenters. The lowest BCUT2D eigenvalue weighted by Gasteiger charge is -2.32. The molecule has 1 N–H and O–H groups in total. The molecule has 1 aliphatic rings. The third-order valence-corrected chi connectivity index (χ3v) is 4.86. The number of benzene rings is 1. The Morgan fingerprint density at radius 1 is 1.08 bits per heavy atom. The summed E-state index contributed by atoms with van der Waals surface area (Å²) in [5.41, 5.74) is 4.55. The summed E-state index contributed by atoms with van der Waals surface area (Å²) < 4.78 is 5.73. The fourth-order valence-electron chi connectivity index (χ4n) is 3.52. The molecule has 0 bridgehead atoms. The summed E-state index contributed by atoms with van der Waals surface area (Å²) in [5.74, 6) is 1.77. The van der Waals surface area contributed by atoms with Crippen LogP contribution in [0.3, 0.4) is 0 Å². The van der Waals surface area contributed by atoms with Crippen LogP contribution in [0.2, 0.25) is 0 Å². The lowest BCUT2D eigenvalue weighted by molar-refractivity contribution is 0.210. The highest BCUT2D eigenvalue weighted by molar-refractivity contribution is 5.36. The lowest BCUT2D eigenvalue weighted by Crippen LogP contribution is -2.39. The summed E-state index contributed by atoms with van der Waals surface area (Å²) in [4.78, 5) is 11.5. The maximum Gasteiger partial charge on any atom is 0.223 e. The van der Waals surface area contributed by atoms with Crippen molar-refractivity contribution >= 4 is 5.95 Å². The SMILES string of the molecule is CCOc1cc(CN2CCC(Nc3nc(C)cc(C)n3)CC2)ccc1C. The van der Waals surface area contributed by atoms with E-state index < -0.39 is 0 Å². The summed E-state index contributed by atoms with van der Waals surface area (Å²) in [6.45, 7) is 12.0. The molecular weight excluding hydrogens is 324 g/mol. The third-order valence-electron chi connectivity index (χ3n) is 4.86. The number of piperidine rings is 1. The van der Waals surface area contributed by atoms with Crippen LogP contribution in [-0.2, 0) is 6.54 Å². The second-order valence-electron chi connectivity index (χ2n) is 7.20. The fraction of sp³-hybridized carbons (Fsp3) is 0.524. The molecular formula is C21H30N4O. The smallest absolute Gasteiger partial charge is 0.223 e. The van der Waals surface area contributed by atoms with Crippen LogP contribution in [-0.4, -0.2) is 40.6 Å². The Hall–Kier alpha value is -2.14. The second-order valence-corrected chi connectivity index (χ2v) is 7.20. The molecule has 0 radical (unpaired) electrons. The quantitative estimate of drug-likeness (QED) is 0.853. The largest absolute Gasteiger partial charge is 0.494 e. The number of ether oxygens (including phenoxy) is 1. The zero-order chi connectivity index (χ0) is 18.5. The van der Waals surface area contributed by atoms with E-state index in [2.05, 4.69) is 45.3 Å². The van der Waals surface area contributed by atoms with Crippen molar-refractivity contribution in [1.29, 1.82) is 0 Å². The molecule has 1 aliphatic heterocycles. The van der Waals surface area contributed by atoms with Crippen molar-refractivity contribution in [2.45, 2.75) is 53.1 Å². The Morgan fingerprint density at radius 2 is 1.77 bits per heavy atom. The minimum absolute atomic E-state index is 0.449. The Bertz CT molecular complexity index is 719. The summed E-state index contributed by atoms with van der Waals surface area (Å²) in [7, 11) is 0. The monoisotopic (exact) mass is 354 g/mol. The summed E-state index contributed by atoms with van der Waals surface area (Å²) in [6.07, 6.45) is 2.22. The van der Waals surface area contributed by atoms with Crippen LogP contribution in [0.5, 0.6) is 5.75 Å². The first-order valence-corrected chi connectivity index (χ1v) is 9.57. The van der Waals surface area contributed by atoms with Gasteiger partial charge in [0, 0.05) is 37.1 Å². The molecule has 0 amide bonds. The molecule has 2 heterocycles. The first kappa shape index (κ1) is 18.6. The number of rotatable bonds is 6. The van der Waals surface area contributed by atoms with Gasteiger partial charge in [-0.2, -0.15) is 0 Å². The van der Waals surface area contributed by atoms with Gasteiger partial charge < -0.3 is 10.1 Å². The molecule has 5 nitrogen and oxygen atoms in total. The van der Waals surface area contributed by atoms with Crippen molar-refractivity contribution in [3.8, 4) is 5.75 Å². The van der Waals surface area contributed by atoms with Crippen LogP contribution < -0.4 is 10.1 Å². The van der Waals surface area contributed by atoms with Gasteiger partial charge in [-0.05, 0) is 63.8 Å². The maximum atomic E-state index is 5.73. The molecule has 5 heteroatoms. The van der Waals surface area contributed by atoms with Gasteiger partial charge in [0.15, 0.2) is 0 Å². The Labute approximate surface area is 156 Å². The van der Waals surface area contributed by atoms with Crippen LogP contribution in [0, 0.1) is 20.8 Å². The van der Waals surface area contributed by atoms with E-state index in [0.29, 0.717) is 12.6 Å². The number of hydrogen-bond donors (Lipinski definition) is 1. The predicted octanol–water partition coefficient (Wildman–Crippen LogP) is 3.88. The van der Waals surface area contributed by atoms with E-state index in [9.17, 15) is 0 Å². The van der Waals surface area contributed by atoms with Gasteiger partial charge in [0.25, 0.3) is 0 Å². The molecule has 3 rings (SSSR count). The standard InChI is InChI=1S/C21H30N4O/c1-5-26-20-13-18(7-6-15(20)2)14-25-10-8-19(9-11-25)24-21-22-16(3)12-17(4)23-21/h6-7,12-13,19H,5,8-11,14H2,1-4H3,(H,22,23,24). The minimum atomic E-state index is 0.449. The van der Waals surface area contributed by atoms with Gasteiger partial charge in [0.2, 0.25) is 5.95 Å². The number of hydrogen-bond acceptors (Lipinski definition) is 5. The number of anilines is 1. The normalized spacial score (nSPS) is 15.8. The van der Waals surface area contributed by atoms with Gasteiger partial charge in [-0.25, -0.2) is 9.97 Å². The Kier molecular flexibility index (Phi) is 6.09. The molecule has 26 heavy (non-hydrogen) atoms. The average molecular weight is 354 g/mol. The Balaban J connectivity index is 1.53. The molecule has 0 spiro atoms. The lowest BCUT2D eigenvalue weighted by atomic mass is 10.0. The molecule has 0 saturated carbocycles. The number of likely N-dealkylation sites (tertiary alicyclic amines) is 1. The van der Waals surface area contributed by atoms with E-state index in [1.807, 2.05) is 26.8 Å². The van der Waals surface area contributed by atoms with E-state index >= 15 is 0 Å². The molecule has 1 aromatic carbocycles. The molecule has 1 saturated heterocycles. The van der Waals surface area contributed by atoms with Gasteiger partial charge in [0.05, 0.1) is 6.61 Å². The van der Waals surface area contributed by atoms with Crippen LogP contribution in [0.1, 0.15) is 42.3 Å². The highest BCUT2D eigenvalue weighted by atomic mass is 16.5. The Morgan fingerprint density at radius 3 is 2.42 bits per heavy atom. The van der Waals surface area contributed by atoms with E-state index in [-0.39, 0.29) is 0 Å². The zero-order valence-electron chi connectivity index (χ0n) is 16.4. The van der Waals surface area contributed by atoms with Gasteiger partial charge >= 0.3 is 0 Å². The van der Waals surface area contributed by atoms with Gasteiger partial charge in [-0.1, -0.05) is 12.1 Å². The van der Waals surface area contributed by atoms with E-state index in [0.717, 1.165) is 55.6 Å². The molecule has 0 atom stereocenters. The van der Waals surface area contributed by atoms with Crippen LogP contribution in [0.4, 0.5) is 5.95 Å². The minimum Gasteiger partial charge on any atom is -0.494 e. The molecule has 1 aromatic heterocycles.